The number of likely N-dealkylation sites (N-methyl/N-ethyl adjacent to an activating group) is 1. The molecule has 0 radical (unpaired) electrons. The Bertz CT molecular complexity index is 854. The van der Waals surface area contributed by atoms with Gasteiger partial charge in [-0.3, -0.25) is 10.1 Å². The molecule has 28 heavy (non-hydrogen) atoms. The van der Waals surface area contributed by atoms with Crippen LogP contribution >= 0.6 is 0 Å². The van der Waals surface area contributed by atoms with Crippen LogP contribution in [0.4, 0.5) is 0 Å². The van der Waals surface area contributed by atoms with Gasteiger partial charge in [0.1, 0.15) is 11.8 Å². The van der Waals surface area contributed by atoms with Crippen molar-refractivity contribution in [2.24, 2.45) is 0 Å². The van der Waals surface area contributed by atoms with Gasteiger partial charge in [-0.15, -0.1) is 0 Å². The zero-order chi connectivity index (χ0) is 20.3. The average molecular weight is 410 g/mol. The molecule has 8 nitrogen and oxygen atoms in total. The summed E-state index contributed by atoms with van der Waals surface area (Å²) < 4.78 is 33.8. The molecule has 3 rings (SSSR count). The molecular formula is C19H26N2O6S. The van der Waals surface area contributed by atoms with E-state index in [-0.39, 0.29) is 30.0 Å². The Labute approximate surface area is 165 Å². The number of carbonyl (C=O) groups excluding carboxylic acids is 2. The first-order chi connectivity index (χ1) is 13.3. The molecule has 0 aromatic heterocycles. The van der Waals surface area contributed by atoms with Gasteiger partial charge in [0.25, 0.3) is 0 Å². The quantitative estimate of drug-likeness (QED) is 0.652. The standard InChI is InChI=1S/C19H26N2O6S/c1-3-21(15-7-9-28(24,25)12-15)17(22)11-20-18(19(23)26-2)14-4-5-16-13(10-14)6-8-27-16/h4-5,10,15,18,20H,3,6-9,11-12H2,1-2H3. The number of ether oxygens (including phenoxy) is 2. The molecule has 2 heterocycles. The van der Waals surface area contributed by atoms with Gasteiger partial charge in [0.05, 0.1) is 31.8 Å². The molecule has 0 saturated carbocycles. The molecule has 1 fully saturated rings. The van der Waals surface area contributed by atoms with Crippen molar-refractivity contribution in [3.63, 3.8) is 0 Å². The Hall–Kier alpha value is -2.13. The Morgan fingerprint density at radius 2 is 2.18 bits per heavy atom. The number of methoxy groups -OCH3 is 1. The van der Waals surface area contributed by atoms with Gasteiger partial charge in [0.2, 0.25) is 5.91 Å². The van der Waals surface area contributed by atoms with E-state index < -0.39 is 21.8 Å². The van der Waals surface area contributed by atoms with Gasteiger partial charge in [0.15, 0.2) is 9.84 Å². The van der Waals surface area contributed by atoms with Gasteiger partial charge in [-0.25, -0.2) is 13.2 Å². The number of nitrogens with one attached hydrogen (secondary N) is 1. The molecule has 1 N–H and O–H groups in total. The summed E-state index contributed by atoms with van der Waals surface area (Å²) >= 11 is 0. The van der Waals surface area contributed by atoms with Crippen LogP contribution in [0.3, 0.4) is 0 Å². The second-order valence-corrected chi connectivity index (χ2v) is 9.27. The highest BCUT2D eigenvalue weighted by Gasteiger charge is 2.34. The fourth-order valence-electron chi connectivity index (χ4n) is 3.79. The zero-order valence-electron chi connectivity index (χ0n) is 16.1. The van der Waals surface area contributed by atoms with E-state index in [2.05, 4.69) is 5.32 Å². The second kappa shape index (κ2) is 8.48. The predicted molar refractivity (Wildman–Crippen MR) is 103 cm³/mol. The van der Waals surface area contributed by atoms with E-state index >= 15 is 0 Å². The lowest BCUT2D eigenvalue weighted by atomic mass is 10.0. The molecular weight excluding hydrogens is 384 g/mol. The Morgan fingerprint density at radius 3 is 2.82 bits per heavy atom. The predicted octanol–water partition coefficient (Wildman–Crippen LogP) is 0.461. The third kappa shape index (κ3) is 4.47. The van der Waals surface area contributed by atoms with E-state index in [4.69, 9.17) is 9.47 Å². The first kappa shape index (κ1) is 20.6. The van der Waals surface area contributed by atoms with Gasteiger partial charge < -0.3 is 14.4 Å². The minimum absolute atomic E-state index is 0.00215. The number of nitrogens with zero attached hydrogens (tertiary/aromatic N) is 1. The number of amides is 1. The topological polar surface area (TPSA) is 102 Å². The molecule has 9 heteroatoms. The van der Waals surface area contributed by atoms with E-state index in [0.29, 0.717) is 25.1 Å². The van der Waals surface area contributed by atoms with Crippen molar-refractivity contribution < 1.29 is 27.5 Å². The number of hydrogen-bond acceptors (Lipinski definition) is 7. The van der Waals surface area contributed by atoms with E-state index in [1.807, 2.05) is 19.1 Å². The highest BCUT2D eigenvalue weighted by atomic mass is 32.2. The maximum absolute atomic E-state index is 12.7. The zero-order valence-corrected chi connectivity index (χ0v) is 17.0. The first-order valence-electron chi connectivity index (χ1n) is 9.41. The van der Waals surface area contributed by atoms with Gasteiger partial charge in [-0.05, 0) is 36.6 Å². The van der Waals surface area contributed by atoms with Gasteiger partial charge in [-0.2, -0.15) is 0 Å². The fourth-order valence-corrected chi connectivity index (χ4v) is 5.52. The van der Waals surface area contributed by atoms with Crippen LogP contribution in [0, 0.1) is 0 Å². The molecule has 1 saturated heterocycles. The lowest BCUT2D eigenvalue weighted by Gasteiger charge is -2.28. The summed E-state index contributed by atoms with van der Waals surface area (Å²) in [6.45, 7) is 2.77. The number of esters is 1. The lowest BCUT2D eigenvalue weighted by Crippen LogP contribution is -2.46. The molecule has 0 spiro atoms. The summed E-state index contributed by atoms with van der Waals surface area (Å²) in [7, 11) is -1.78. The number of carbonyl (C=O) groups is 2. The maximum atomic E-state index is 12.7. The van der Waals surface area contributed by atoms with E-state index in [9.17, 15) is 18.0 Å². The molecule has 154 valence electrons. The maximum Gasteiger partial charge on any atom is 0.327 e. The van der Waals surface area contributed by atoms with Crippen molar-refractivity contribution in [1.82, 2.24) is 10.2 Å². The summed E-state index contributed by atoms with van der Waals surface area (Å²) in [4.78, 5) is 26.6. The van der Waals surface area contributed by atoms with Gasteiger partial charge in [-0.1, -0.05) is 6.07 Å². The normalized spacial score (nSPS) is 20.9. The molecule has 2 atom stereocenters. The molecule has 0 aliphatic carbocycles. The fraction of sp³-hybridized carbons (Fsp3) is 0.579. The van der Waals surface area contributed by atoms with Crippen LogP contribution in [-0.4, -0.2) is 69.5 Å². The molecule has 2 aliphatic heterocycles. The van der Waals surface area contributed by atoms with Crippen LogP contribution < -0.4 is 10.1 Å². The van der Waals surface area contributed by atoms with Crippen LogP contribution in [0.5, 0.6) is 5.75 Å². The molecule has 2 unspecified atom stereocenters. The van der Waals surface area contributed by atoms with E-state index in [0.717, 1.165) is 17.7 Å². The van der Waals surface area contributed by atoms with Crippen molar-refractivity contribution in [2.75, 3.05) is 38.3 Å². The highest BCUT2D eigenvalue weighted by molar-refractivity contribution is 7.91. The summed E-state index contributed by atoms with van der Waals surface area (Å²) in [6.07, 6.45) is 1.23. The highest BCUT2D eigenvalue weighted by Crippen LogP contribution is 2.28. The number of rotatable bonds is 7. The number of hydrogen-bond donors (Lipinski definition) is 1. The van der Waals surface area contributed by atoms with Crippen LogP contribution in [0.25, 0.3) is 0 Å². The summed E-state index contributed by atoms with van der Waals surface area (Å²) in [6, 6.07) is 4.40. The molecule has 2 aliphatic rings. The van der Waals surface area contributed by atoms with Crippen molar-refractivity contribution in [3.05, 3.63) is 29.3 Å². The Kier molecular flexibility index (Phi) is 6.24. The first-order valence-corrected chi connectivity index (χ1v) is 11.2. The Morgan fingerprint density at radius 1 is 1.39 bits per heavy atom. The summed E-state index contributed by atoms with van der Waals surface area (Å²) in [5.41, 5.74) is 1.72. The largest absolute Gasteiger partial charge is 0.493 e. The van der Waals surface area contributed by atoms with E-state index in [1.54, 1.807) is 11.0 Å². The molecule has 1 aromatic rings. The van der Waals surface area contributed by atoms with Crippen molar-refractivity contribution >= 4 is 21.7 Å². The number of sulfone groups is 1. The minimum atomic E-state index is -3.08. The molecule has 0 bridgehead atoms. The van der Waals surface area contributed by atoms with Gasteiger partial charge in [0, 0.05) is 19.0 Å². The van der Waals surface area contributed by atoms with Crippen molar-refractivity contribution in [3.8, 4) is 5.75 Å². The van der Waals surface area contributed by atoms with Crippen LogP contribution in [0.15, 0.2) is 18.2 Å². The monoisotopic (exact) mass is 410 g/mol. The van der Waals surface area contributed by atoms with Gasteiger partial charge >= 0.3 is 5.97 Å². The third-order valence-electron chi connectivity index (χ3n) is 5.25. The van der Waals surface area contributed by atoms with Crippen LogP contribution in [-0.2, 0) is 30.6 Å². The SMILES string of the molecule is CCN(C(=O)CNC(C(=O)OC)c1ccc2c(c1)CCO2)C1CCS(=O)(=O)C1. The summed E-state index contributed by atoms with van der Waals surface area (Å²) in [5, 5.41) is 2.98. The van der Waals surface area contributed by atoms with Crippen molar-refractivity contribution in [1.29, 1.82) is 0 Å². The smallest absolute Gasteiger partial charge is 0.327 e. The molecule has 1 aromatic carbocycles. The average Bonchev–Trinajstić information content (AvgIpc) is 3.27. The van der Waals surface area contributed by atoms with Crippen LogP contribution in [0.1, 0.15) is 30.5 Å². The number of benzene rings is 1. The minimum Gasteiger partial charge on any atom is -0.493 e. The molecule has 1 amide bonds. The third-order valence-corrected chi connectivity index (χ3v) is 7.00. The van der Waals surface area contributed by atoms with Crippen molar-refractivity contribution in [2.45, 2.75) is 31.8 Å². The van der Waals surface area contributed by atoms with E-state index in [1.165, 1.54) is 7.11 Å². The van der Waals surface area contributed by atoms with Crippen LogP contribution in [0.2, 0.25) is 0 Å². The summed E-state index contributed by atoms with van der Waals surface area (Å²) in [5.74, 6) is 0.193. The Balaban J connectivity index is 1.69. The second-order valence-electron chi connectivity index (χ2n) is 7.04. The lowest BCUT2D eigenvalue weighted by molar-refractivity contribution is -0.143. The number of fused-ring (bicyclic) bond motifs is 1.